The number of aliphatic hydroxyl groups excluding tert-OH is 1. The number of imidazole rings is 1. The van der Waals surface area contributed by atoms with Gasteiger partial charge in [0, 0.05) is 6.92 Å². The Morgan fingerprint density at radius 2 is 2.46 bits per heavy atom. The lowest BCUT2D eigenvalue weighted by atomic mass is 10.4. The smallest absolute Gasteiger partial charge is 0.348 e. The summed E-state index contributed by atoms with van der Waals surface area (Å²) in [6, 6.07) is 0. The second-order valence-corrected chi connectivity index (χ2v) is 2.40. The number of nitro groups is 1. The van der Waals surface area contributed by atoms with Crippen LogP contribution >= 0.6 is 0 Å². The first-order valence-corrected chi connectivity index (χ1v) is 3.63. The number of rotatable bonds is 3. The first-order valence-electron chi connectivity index (χ1n) is 3.63. The molecule has 0 aromatic carbocycles. The molecule has 0 aliphatic rings. The summed E-state index contributed by atoms with van der Waals surface area (Å²) in [5, 5.41) is 18.9. The van der Waals surface area contributed by atoms with Crippen LogP contribution in [0.4, 0.5) is 5.82 Å². The summed E-state index contributed by atoms with van der Waals surface area (Å²) in [5.41, 5.74) is 0.233. The van der Waals surface area contributed by atoms with Crippen LogP contribution in [0.5, 0.6) is 0 Å². The van der Waals surface area contributed by atoms with Crippen LogP contribution in [0.3, 0.4) is 0 Å². The molecule has 0 aliphatic carbocycles. The van der Waals surface area contributed by atoms with Crippen molar-refractivity contribution in [3.63, 3.8) is 0 Å². The van der Waals surface area contributed by atoms with Crippen LogP contribution in [-0.2, 0) is 0 Å². The van der Waals surface area contributed by atoms with Gasteiger partial charge in [-0.25, -0.2) is 9.97 Å². The Morgan fingerprint density at radius 1 is 1.77 bits per heavy atom. The molecule has 0 atom stereocenters. The zero-order valence-electron chi connectivity index (χ0n) is 7.02. The molecule has 0 saturated carbocycles. The second kappa shape index (κ2) is 3.81. The molecule has 1 aromatic rings. The van der Waals surface area contributed by atoms with Crippen molar-refractivity contribution >= 4 is 11.9 Å². The van der Waals surface area contributed by atoms with E-state index >= 15 is 0 Å². The molecule has 0 amide bonds. The predicted octanol–water partition coefficient (Wildman–Crippen LogP) is 0.632. The molecule has 0 bridgehead atoms. The highest BCUT2D eigenvalue weighted by atomic mass is 16.6. The van der Waals surface area contributed by atoms with E-state index in [1.54, 1.807) is 6.92 Å². The SMILES string of the molecule is Cc1nc(C=CCO)c([N+](=O)[O-])[nH]1. The van der Waals surface area contributed by atoms with Crippen molar-refractivity contribution in [2.24, 2.45) is 0 Å². The number of nitrogens with one attached hydrogen (secondary N) is 1. The van der Waals surface area contributed by atoms with Crippen LogP contribution in [0.15, 0.2) is 6.08 Å². The van der Waals surface area contributed by atoms with E-state index < -0.39 is 4.92 Å². The lowest BCUT2D eigenvalue weighted by Gasteiger charge is -1.89. The maximum Gasteiger partial charge on any atom is 0.348 e. The molecule has 0 fully saturated rings. The molecule has 0 radical (unpaired) electrons. The highest BCUT2D eigenvalue weighted by Crippen LogP contribution is 2.15. The highest BCUT2D eigenvalue weighted by Gasteiger charge is 2.14. The van der Waals surface area contributed by atoms with Gasteiger partial charge >= 0.3 is 5.82 Å². The Kier molecular flexibility index (Phi) is 2.76. The van der Waals surface area contributed by atoms with Gasteiger partial charge in [0.15, 0.2) is 11.5 Å². The monoisotopic (exact) mass is 183 g/mol. The second-order valence-electron chi connectivity index (χ2n) is 2.40. The van der Waals surface area contributed by atoms with E-state index in [0.717, 1.165) is 0 Å². The van der Waals surface area contributed by atoms with Crippen molar-refractivity contribution in [2.45, 2.75) is 6.92 Å². The number of aliphatic hydroxyl groups is 1. The van der Waals surface area contributed by atoms with Gasteiger partial charge in [-0.05, 0) is 11.0 Å². The minimum absolute atomic E-state index is 0.151. The maximum atomic E-state index is 10.4. The summed E-state index contributed by atoms with van der Waals surface area (Å²) >= 11 is 0. The molecular weight excluding hydrogens is 174 g/mol. The molecule has 0 aliphatic heterocycles. The van der Waals surface area contributed by atoms with E-state index in [4.69, 9.17) is 5.11 Å². The number of H-pyrrole nitrogens is 1. The van der Waals surface area contributed by atoms with Gasteiger partial charge in [0.25, 0.3) is 0 Å². The number of aromatic nitrogens is 2. The van der Waals surface area contributed by atoms with Gasteiger partial charge in [-0.2, -0.15) is 0 Å². The first kappa shape index (κ1) is 9.40. The fourth-order valence-electron chi connectivity index (χ4n) is 0.917. The molecule has 0 unspecified atom stereocenters. The van der Waals surface area contributed by atoms with Crippen LogP contribution in [0.1, 0.15) is 11.5 Å². The maximum absolute atomic E-state index is 10.4. The molecule has 1 rings (SSSR count). The average Bonchev–Trinajstić information content (AvgIpc) is 2.43. The fourth-order valence-corrected chi connectivity index (χ4v) is 0.917. The lowest BCUT2D eigenvalue weighted by molar-refractivity contribution is -0.389. The van der Waals surface area contributed by atoms with Crippen molar-refractivity contribution in [3.05, 3.63) is 27.7 Å². The van der Waals surface area contributed by atoms with Gasteiger partial charge in [0.2, 0.25) is 0 Å². The molecule has 2 N–H and O–H groups in total. The van der Waals surface area contributed by atoms with Gasteiger partial charge < -0.3 is 15.2 Å². The minimum atomic E-state index is -0.545. The van der Waals surface area contributed by atoms with Gasteiger partial charge in [-0.1, -0.05) is 6.08 Å². The minimum Gasteiger partial charge on any atom is -0.392 e. The number of aromatic amines is 1. The zero-order chi connectivity index (χ0) is 9.84. The van der Waals surface area contributed by atoms with Gasteiger partial charge in [0.05, 0.1) is 6.61 Å². The van der Waals surface area contributed by atoms with Crippen molar-refractivity contribution in [2.75, 3.05) is 6.61 Å². The Balaban J connectivity index is 3.04. The topological polar surface area (TPSA) is 92.1 Å². The molecule has 1 aromatic heterocycles. The average molecular weight is 183 g/mol. The molecule has 70 valence electrons. The molecule has 1 heterocycles. The van der Waals surface area contributed by atoms with Gasteiger partial charge in [-0.3, -0.25) is 0 Å². The molecule has 0 spiro atoms. The van der Waals surface area contributed by atoms with E-state index in [1.165, 1.54) is 12.2 Å². The summed E-state index contributed by atoms with van der Waals surface area (Å²) in [7, 11) is 0. The molecule has 0 saturated heterocycles. The number of hydrogen-bond donors (Lipinski definition) is 2. The van der Waals surface area contributed by atoms with Crippen LogP contribution < -0.4 is 0 Å². The number of hydrogen-bond acceptors (Lipinski definition) is 4. The fraction of sp³-hybridized carbons (Fsp3) is 0.286. The third-order valence-electron chi connectivity index (χ3n) is 1.39. The Morgan fingerprint density at radius 3 is 3.00 bits per heavy atom. The third-order valence-corrected chi connectivity index (χ3v) is 1.39. The standard InChI is InChI=1S/C7H9N3O3/c1-5-8-6(3-2-4-11)7(9-5)10(12)13/h2-3,11H,4H2,1H3,(H,8,9). The van der Waals surface area contributed by atoms with Crippen LogP contribution in [0.2, 0.25) is 0 Å². The third kappa shape index (κ3) is 2.12. The summed E-state index contributed by atoms with van der Waals surface area (Å²) < 4.78 is 0. The van der Waals surface area contributed by atoms with Crippen LogP contribution in [0, 0.1) is 17.0 Å². The predicted molar refractivity (Wildman–Crippen MR) is 46.1 cm³/mol. The van der Waals surface area contributed by atoms with E-state index in [9.17, 15) is 10.1 Å². The van der Waals surface area contributed by atoms with Crippen molar-refractivity contribution < 1.29 is 10.0 Å². The Labute approximate surface area is 74.1 Å². The molecule has 13 heavy (non-hydrogen) atoms. The van der Waals surface area contributed by atoms with Gasteiger partial charge in [-0.15, -0.1) is 0 Å². The number of nitrogens with zero attached hydrogens (tertiary/aromatic N) is 2. The summed E-state index contributed by atoms with van der Waals surface area (Å²) in [6.07, 6.45) is 2.80. The highest BCUT2D eigenvalue weighted by molar-refractivity contribution is 5.54. The van der Waals surface area contributed by atoms with Crippen LogP contribution in [0.25, 0.3) is 6.08 Å². The van der Waals surface area contributed by atoms with E-state index in [1.807, 2.05) is 0 Å². The van der Waals surface area contributed by atoms with Crippen molar-refractivity contribution in [1.29, 1.82) is 0 Å². The Bertz CT molecular complexity index is 343. The number of aryl methyl sites for hydroxylation is 1. The van der Waals surface area contributed by atoms with E-state index in [2.05, 4.69) is 9.97 Å². The van der Waals surface area contributed by atoms with Gasteiger partial charge in [0.1, 0.15) is 0 Å². The van der Waals surface area contributed by atoms with Crippen molar-refractivity contribution in [1.82, 2.24) is 9.97 Å². The molecular formula is C7H9N3O3. The van der Waals surface area contributed by atoms with E-state index in [-0.39, 0.29) is 18.1 Å². The lowest BCUT2D eigenvalue weighted by Crippen LogP contribution is -1.90. The summed E-state index contributed by atoms with van der Waals surface area (Å²) in [5.74, 6) is 0.325. The summed E-state index contributed by atoms with van der Waals surface area (Å²) in [4.78, 5) is 16.3. The normalized spacial score (nSPS) is 10.9. The quantitative estimate of drug-likeness (QED) is 0.531. The molecule has 6 nitrogen and oxygen atoms in total. The first-order chi connectivity index (χ1) is 6.15. The zero-order valence-corrected chi connectivity index (χ0v) is 7.02. The Hall–Kier alpha value is -1.69. The van der Waals surface area contributed by atoms with Crippen LogP contribution in [-0.4, -0.2) is 26.6 Å². The molecule has 6 heteroatoms. The van der Waals surface area contributed by atoms with E-state index in [0.29, 0.717) is 5.82 Å². The largest absolute Gasteiger partial charge is 0.392 e. The summed E-state index contributed by atoms with van der Waals surface area (Å²) in [6.45, 7) is 1.46. The van der Waals surface area contributed by atoms with Crippen molar-refractivity contribution in [3.8, 4) is 0 Å².